The van der Waals surface area contributed by atoms with Crippen molar-refractivity contribution in [1.82, 2.24) is 5.32 Å². The van der Waals surface area contributed by atoms with Gasteiger partial charge in [0.25, 0.3) is 0 Å². The second-order valence-electron chi connectivity index (χ2n) is 8.73. The zero-order valence-electron chi connectivity index (χ0n) is 17.7. The highest BCUT2D eigenvalue weighted by Gasteiger charge is 2.27. The molecule has 0 aromatic heterocycles. The number of nitrogen functional groups attached to an aromatic ring is 1. The Morgan fingerprint density at radius 1 is 1.11 bits per heavy atom. The van der Waals surface area contributed by atoms with Crippen molar-refractivity contribution in [2.75, 3.05) is 5.73 Å². The Hall–Kier alpha value is -2.49. The molecule has 1 amide bonds. The van der Waals surface area contributed by atoms with Crippen LogP contribution in [0.2, 0.25) is 0 Å². The summed E-state index contributed by atoms with van der Waals surface area (Å²) in [6.45, 7) is 10.2. The third-order valence-corrected chi connectivity index (χ3v) is 5.05. The molecule has 3 rings (SSSR count). The first-order chi connectivity index (χ1) is 13.2. The van der Waals surface area contributed by atoms with Crippen LogP contribution in [0.5, 0.6) is 5.75 Å². The van der Waals surface area contributed by atoms with Gasteiger partial charge in [-0.2, -0.15) is 0 Å². The van der Waals surface area contributed by atoms with Gasteiger partial charge in [0, 0.05) is 11.2 Å². The third kappa shape index (κ3) is 4.16. The quantitative estimate of drug-likeness (QED) is 0.564. The number of nitrogens with one attached hydrogen (secondary N) is 1. The summed E-state index contributed by atoms with van der Waals surface area (Å²) >= 11 is 0. The van der Waals surface area contributed by atoms with Gasteiger partial charge in [-0.05, 0) is 91.6 Å². The fourth-order valence-corrected chi connectivity index (χ4v) is 4.00. The molecule has 0 radical (unpaired) electrons. The number of hydrogen-bond acceptors (Lipinski definition) is 3. The molecule has 28 heavy (non-hydrogen) atoms. The van der Waals surface area contributed by atoms with Crippen molar-refractivity contribution in [3.05, 3.63) is 46.5 Å². The normalized spacial score (nSPS) is 12.5. The SMILES string of the molecule is CCCc1cc2c(c(CCC)c1OC(=O)NC(C)(C)C)Cc1cc(N)ccc1-2. The van der Waals surface area contributed by atoms with E-state index >= 15 is 0 Å². The fraction of sp³-hybridized carbons (Fsp3) is 0.458. The van der Waals surface area contributed by atoms with Gasteiger partial charge >= 0.3 is 6.09 Å². The number of anilines is 1. The van der Waals surface area contributed by atoms with Crippen LogP contribution >= 0.6 is 0 Å². The molecule has 0 aliphatic heterocycles. The minimum atomic E-state index is -0.387. The summed E-state index contributed by atoms with van der Waals surface area (Å²) in [7, 11) is 0. The summed E-state index contributed by atoms with van der Waals surface area (Å²) in [5, 5.41) is 2.92. The molecule has 0 bridgehead atoms. The van der Waals surface area contributed by atoms with E-state index in [1.54, 1.807) is 0 Å². The first-order valence-corrected chi connectivity index (χ1v) is 10.3. The molecule has 1 aliphatic carbocycles. The molecule has 4 nitrogen and oxygen atoms in total. The Kier molecular flexibility index (Phi) is 5.69. The molecule has 0 saturated heterocycles. The maximum Gasteiger partial charge on any atom is 0.413 e. The van der Waals surface area contributed by atoms with Crippen LogP contribution in [0.4, 0.5) is 10.5 Å². The zero-order valence-corrected chi connectivity index (χ0v) is 17.7. The lowest BCUT2D eigenvalue weighted by Crippen LogP contribution is -2.42. The van der Waals surface area contributed by atoms with Crippen LogP contribution in [0.25, 0.3) is 11.1 Å². The Morgan fingerprint density at radius 2 is 1.82 bits per heavy atom. The molecule has 0 atom stereocenters. The van der Waals surface area contributed by atoms with Gasteiger partial charge in [0.2, 0.25) is 0 Å². The minimum absolute atomic E-state index is 0.336. The van der Waals surface area contributed by atoms with Crippen molar-refractivity contribution in [1.29, 1.82) is 0 Å². The summed E-state index contributed by atoms with van der Waals surface area (Å²) in [6.07, 6.45) is 4.22. The molecule has 2 aromatic rings. The van der Waals surface area contributed by atoms with Gasteiger partial charge in [0.1, 0.15) is 5.75 Å². The average Bonchev–Trinajstić information content (AvgIpc) is 2.93. The average molecular weight is 381 g/mol. The van der Waals surface area contributed by atoms with E-state index in [1.165, 1.54) is 27.8 Å². The highest BCUT2D eigenvalue weighted by atomic mass is 16.6. The van der Waals surface area contributed by atoms with Crippen LogP contribution in [-0.4, -0.2) is 11.6 Å². The fourth-order valence-electron chi connectivity index (χ4n) is 4.00. The molecule has 150 valence electrons. The molecule has 1 aliphatic rings. The standard InChI is InChI=1S/C24H32N2O2/c1-6-8-15-13-20-18-11-10-17(25)12-16(18)14-21(20)19(9-7-2)22(15)28-23(27)26-24(3,4)5/h10-13H,6-9,14,25H2,1-5H3,(H,26,27). The van der Waals surface area contributed by atoms with E-state index in [0.717, 1.165) is 49.1 Å². The lowest BCUT2D eigenvalue weighted by atomic mass is 9.92. The molecule has 3 N–H and O–H groups in total. The Morgan fingerprint density at radius 3 is 2.46 bits per heavy atom. The number of amides is 1. The Bertz CT molecular complexity index is 894. The monoisotopic (exact) mass is 380 g/mol. The van der Waals surface area contributed by atoms with Crippen molar-refractivity contribution in [2.24, 2.45) is 0 Å². The lowest BCUT2D eigenvalue weighted by Gasteiger charge is -2.23. The molecule has 0 spiro atoms. The van der Waals surface area contributed by atoms with E-state index < -0.39 is 0 Å². The summed E-state index contributed by atoms with van der Waals surface area (Å²) in [6, 6.07) is 8.38. The van der Waals surface area contributed by atoms with Gasteiger partial charge < -0.3 is 15.8 Å². The number of aryl methyl sites for hydroxylation is 1. The van der Waals surface area contributed by atoms with Gasteiger partial charge in [-0.1, -0.05) is 32.8 Å². The topological polar surface area (TPSA) is 64.3 Å². The number of rotatable bonds is 5. The maximum atomic E-state index is 12.6. The van der Waals surface area contributed by atoms with E-state index in [-0.39, 0.29) is 11.6 Å². The van der Waals surface area contributed by atoms with Gasteiger partial charge in [0.15, 0.2) is 0 Å². The number of hydrogen-bond donors (Lipinski definition) is 2. The summed E-state index contributed by atoms with van der Waals surface area (Å²) in [5.74, 6) is 0.755. The van der Waals surface area contributed by atoms with E-state index in [1.807, 2.05) is 26.8 Å². The van der Waals surface area contributed by atoms with Crippen LogP contribution in [0.1, 0.15) is 69.7 Å². The molecule has 0 unspecified atom stereocenters. The molecular formula is C24H32N2O2. The van der Waals surface area contributed by atoms with E-state index in [4.69, 9.17) is 10.5 Å². The first-order valence-electron chi connectivity index (χ1n) is 10.3. The van der Waals surface area contributed by atoms with Crippen molar-refractivity contribution >= 4 is 11.8 Å². The molecule has 0 fully saturated rings. The first kappa shape index (κ1) is 20.2. The van der Waals surface area contributed by atoms with Crippen LogP contribution in [0, 0.1) is 0 Å². The van der Waals surface area contributed by atoms with Crippen molar-refractivity contribution < 1.29 is 9.53 Å². The zero-order chi connectivity index (χ0) is 20.5. The van der Waals surface area contributed by atoms with Crippen molar-refractivity contribution in [3.63, 3.8) is 0 Å². The number of carbonyl (C=O) groups excluding carboxylic acids is 1. The molecule has 2 aromatic carbocycles. The third-order valence-electron chi connectivity index (χ3n) is 5.05. The molecule has 0 heterocycles. The summed E-state index contributed by atoms with van der Waals surface area (Å²) in [5.41, 5.74) is 13.8. The van der Waals surface area contributed by atoms with Crippen LogP contribution in [0.15, 0.2) is 24.3 Å². The predicted octanol–water partition coefficient (Wildman–Crippen LogP) is 5.63. The van der Waals surface area contributed by atoms with Gasteiger partial charge in [0.05, 0.1) is 0 Å². The Labute approximate surface area is 168 Å². The van der Waals surface area contributed by atoms with Gasteiger partial charge in [-0.15, -0.1) is 0 Å². The van der Waals surface area contributed by atoms with Crippen LogP contribution < -0.4 is 15.8 Å². The smallest absolute Gasteiger partial charge is 0.410 e. The number of fused-ring (bicyclic) bond motifs is 3. The Balaban J connectivity index is 2.10. The second-order valence-corrected chi connectivity index (χ2v) is 8.73. The van der Waals surface area contributed by atoms with Gasteiger partial charge in [-0.3, -0.25) is 0 Å². The predicted molar refractivity (Wildman–Crippen MR) is 116 cm³/mol. The van der Waals surface area contributed by atoms with Crippen molar-refractivity contribution in [2.45, 2.75) is 72.3 Å². The van der Waals surface area contributed by atoms with Crippen molar-refractivity contribution in [3.8, 4) is 16.9 Å². The maximum absolute atomic E-state index is 12.6. The number of nitrogens with two attached hydrogens (primary N) is 1. The van der Waals surface area contributed by atoms with Crippen LogP contribution in [0.3, 0.4) is 0 Å². The minimum Gasteiger partial charge on any atom is -0.410 e. The largest absolute Gasteiger partial charge is 0.413 e. The highest BCUT2D eigenvalue weighted by Crippen LogP contribution is 2.44. The van der Waals surface area contributed by atoms with Crippen LogP contribution in [-0.2, 0) is 19.3 Å². The number of benzene rings is 2. The van der Waals surface area contributed by atoms with E-state index in [2.05, 4.69) is 37.4 Å². The second kappa shape index (κ2) is 7.86. The summed E-state index contributed by atoms with van der Waals surface area (Å²) < 4.78 is 5.93. The number of carbonyl (C=O) groups is 1. The molecule has 0 saturated carbocycles. The van der Waals surface area contributed by atoms with E-state index in [9.17, 15) is 4.79 Å². The van der Waals surface area contributed by atoms with Gasteiger partial charge in [-0.25, -0.2) is 4.79 Å². The number of ether oxygens (including phenoxy) is 1. The van der Waals surface area contributed by atoms with E-state index in [0.29, 0.717) is 0 Å². The summed E-state index contributed by atoms with van der Waals surface area (Å²) in [4.78, 5) is 12.6. The molecule has 4 heteroatoms. The highest BCUT2D eigenvalue weighted by molar-refractivity contribution is 5.83. The lowest BCUT2D eigenvalue weighted by molar-refractivity contribution is 0.189. The molecular weight excluding hydrogens is 348 g/mol.